The molecule has 1 aromatic carbocycles. The summed E-state index contributed by atoms with van der Waals surface area (Å²) in [5.74, 6) is -0.663. The van der Waals surface area contributed by atoms with Crippen molar-refractivity contribution in [1.29, 1.82) is 0 Å². The van der Waals surface area contributed by atoms with Gasteiger partial charge in [-0.05, 0) is 18.6 Å². The third-order valence-corrected chi connectivity index (χ3v) is 4.35. The molecule has 0 aliphatic carbocycles. The van der Waals surface area contributed by atoms with E-state index in [9.17, 15) is 18.0 Å². The maximum Gasteiger partial charge on any atom is 0.267 e. The van der Waals surface area contributed by atoms with Gasteiger partial charge in [-0.15, -0.1) is 0 Å². The quantitative estimate of drug-likeness (QED) is 0.666. The highest BCUT2D eigenvalue weighted by Gasteiger charge is 2.28. The van der Waals surface area contributed by atoms with Gasteiger partial charge >= 0.3 is 0 Å². The van der Waals surface area contributed by atoms with Crippen LogP contribution in [0.1, 0.15) is 18.4 Å². The van der Waals surface area contributed by atoms with Crippen molar-refractivity contribution in [3.8, 4) is 5.75 Å². The van der Waals surface area contributed by atoms with Crippen molar-refractivity contribution in [3.05, 3.63) is 23.8 Å². The van der Waals surface area contributed by atoms with Gasteiger partial charge in [-0.1, -0.05) is 6.07 Å². The van der Waals surface area contributed by atoms with Gasteiger partial charge in [0.2, 0.25) is 5.91 Å². The fourth-order valence-corrected chi connectivity index (χ4v) is 3.08. The van der Waals surface area contributed by atoms with Crippen LogP contribution < -0.4 is 10.1 Å². The monoisotopic (exact) mass is 317 g/mol. The normalized spacial score (nSPS) is 19.6. The number of piperidine rings is 1. The molecule has 0 spiro atoms. The van der Waals surface area contributed by atoms with Gasteiger partial charge in [0.15, 0.2) is 6.10 Å². The van der Waals surface area contributed by atoms with Crippen LogP contribution in [0.3, 0.4) is 0 Å². The molecule has 0 aromatic heterocycles. The highest BCUT2D eigenvalue weighted by atomic mass is 35.7. The summed E-state index contributed by atoms with van der Waals surface area (Å²) in [6.45, 7) is 1.60. The van der Waals surface area contributed by atoms with E-state index in [1.165, 1.54) is 12.1 Å². The van der Waals surface area contributed by atoms with Gasteiger partial charge in [0.25, 0.3) is 15.0 Å². The Hall–Kier alpha value is -1.60. The zero-order valence-corrected chi connectivity index (χ0v) is 12.1. The lowest BCUT2D eigenvalue weighted by atomic mass is 10.1. The van der Waals surface area contributed by atoms with E-state index in [1.54, 1.807) is 13.0 Å². The minimum Gasteiger partial charge on any atom is -0.481 e. The fourth-order valence-electron chi connectivity index (χ4n) is 1.87. The van der Waals surface area contributed by atoms with Crippen LogP contribution in [0.25, 0.3) is 0 Å². The van der Waals surface area contributed by atoms with Gasteiger partial charge in [-0.25, -0.2) is 8.42 Å². The number of halogens is 1. The molecule has 1 saturated heterocycles. The van der Waals surface area contributed by atoms with Crippen LogP contribution in [0.2, 0.25) is 0 Å². The first-order valence-electron chi connectivity index (χ1n) is 5.83. The van der Waals surface area contributed by atoms with Crippen LogP contribution in [-0.4, -0.2) is 26.3 Å². The molecule has 1 aliphatic rings. The highest BCUT2D eigenvalue weighted by molar-refractivity contribution is 8.13. The molecule has 2 amide bonds. The van der Waals surface area contributed by atoms with E-state index in [1.807, 2.05) is 0 Å². The van der Waals surface area contributed by atoms with Crippen molar-refractivity contribution in [2.24, 2.45) is 0 Å². The summed E-state index contributed by atoms with van der Waals surface area (Å²) in [6, 6.07) is 4.35. The Labute approximate surface area is 120 Å². The molecular formula is C12H12ClNO5S. The van der Waals surface area contributed by atoms with Crippen molar-refractivity contribution in [3.63, 3.8) is 0 Å². The maximum atomic E-state index is 11.6. The summed E-state index contributed by atoms with van der Waals surface area (Å²) in [5.41, 5.74) is 0.482. The number of nitrogens with one attached hydrogen (secondary N) is 1. The van der Waals surface area contributed by atoms with Crippen molar-refractivity contribution >= 4 is 31.5 Å². The number of aryl methyl sites for hydroxylation is 1. The number of carbonyl (C=O) groups is 2. The number of imide groups is 1. The van der Waals surface area contributed by atoms with Crippen molar-refractivity contribution < 1.29 is 22.7 Å². The molecule has 1 fully saturated rings. The average Bonchev–Trinajstić information content (AvgIpc) is 2.33. The van der Waals surface area contributed by atoms with E-state index in [0.29, 0.717) is 5.56 Å². The van der Waals surface area contributed by atoms with Gasteiger partial charge in [0, 0.05) is 29.6 Å². The van der Waals surface area contributed by atoms with E-state index in [0.717, 1.165) is 0 Å². The van der Waals surface area contributed by atoms with E-state index in [2.05, 4.69) is 5.32 Å². The van der Waals surface area contributed by atoms with Crippen LogP contribution in [0.15, 0.2) is 23.1 Å². The second kappa shape index (κ2) is 5.41. The Bertz CT molecular complexity index is 670. The molecule has 1 atom stereocenters. The predicted molar refractivity (Wildman–Crippen MR) is 71.0 cm³/mol. The molecule has 0 bridgehead atoms. The highest BCUT2D eigenvalue weighted by Crippen LogP contribution is 2.26. The van der Waals surface area contributed by atoms with Crippen LogP contribution in [0.5, 0.6) is 5.75 Å². The molecule has 1 aromatic rings. The number of hydrogen-bond donors (Lipinski definition) is 1. The summed E-state index contributed by atoms with van der Waals surface area (Å²) < 4.78 is 28.2. The van der Waals surface area contributed by atoms with E-state index < -0.39 is 21.1 Å². The molecule has 6 nitrogen and oxygen atoms in total. The number of hydrogen-bond acceptors (Lipinski definition) is 5. The van der Waals surface area contributed by atoms with E-state index in [-0.39, 0.29) is 29.4 Å². The molecule has 108 valence electrons. The van der Waals surface area contributed by atoms with Gasteiger partial charge in [-0.3, -0.25) is 14.9 Å². The number of amides is 2. The SMILES string of the molecule is Cc1ccc(OC2CCC(=O)NC2=O)cc1S(=O)(=O)Cl. The molecule has 1 N–H and O–H groups in total. The molecule has 20 heavy (non-hydrogen) atoms. The molecule has 0 saturated carbocycles. The number of ether oxygens (including phenoxy) is 1. The Morgan fingerprint density at radius 2 is 2.05 bits per heavy atom. The van der Waals surface area contributed by atoms with Crippen molar-refractivity contribution in [2.45, 2.75) is 30.8 Å². The maximum absolute atomic E-state index is 11.6. The second-order valence-corrected chi connectivity index (χ2v) is 6.96. The zero-order valence-electron chi connectivity index (χ0n) is 10.6. The molecule has 2 rings (SSSR count). The minimum absolute atomic E-state index is 0.0658. The number of benzene rings is 1. The van der Waals surface area contributed by atoms with Crippen LogP contribution >= 0.6 is 10.7 Å². The average molecular weight is 318 g/mol. The Morgan fingerprint density at radius 3 is 2.65 bits per heavy atom. The number of rotatable bonds is 3. The lowest BCUT2D eigenvalue weighted by molar-refractivity contribution is -0.138. The Balaban J connectivity index is 2.23. The topological polar surface area (TPSA) is 89.5 Å². The molecular weight excluding hydrogens is 306 g/mol. The van der Waals surface area contributed by atoms with Gasteiger partial charge < -0.3 is 4.74 Å². The molecule has 1 aliphatic heterocycles. The van der Waals surface area contributed by atoms with Gasteiger partial charge in [0.1, 0.15) is 5.75 Å². The van der Waals surface area contributed by atoms with Crippen LogP contribution in [0.4, 0.5) is 0 Å². The Morgan fingerprint density at radius 1 is 1.35 bits per heavy atom. The number of carbonyl (C=O) groups excluding carboxylic acids is 2. The van der Waals surface area contributed by atoms with Crippen molar-refractivity contribution in [2.75, 3.05) is 0 Å². The first kappa shape index (κ1) is 14.8. The molecule has 1 heterocycles. The predicted octanol–water partition coefficient (Wildman–Crippen LogP) is 1.11. The van der Waals surface area contributed by atoms with E-state index >= 15 is 0 Å². The first-order valence-corrected chi connectivity index (χ1v) is 8.14. The molecule has 1 unspecified atom stereocenters. The largest absolute Gasteiger partial charge is 0.481 e. The lowest BCUT2D eigenvalue weighted by Gasteiger charge is -2.22. The molecule has 8 heteroatoms. The summed E-state index contributed by atoms with van der Waals surface area (Å²) >= 11 is 0. The molecule has 0 radical (unpaired) electrons. The second-order valence-electron chi connectivity index (χ2n) is 4.42. The van der Waals surface area contributed by atoms with Crippen LogP contribution in [-0.2, 0) is 18.6 Å². The third-order valence-electron chi connectivity index (χ3n) is 2.89. The smallest absolute Gasteiger partial charge is 0.267 e. The van der Waals surface area contributed by atoms with Crippen molar-refractivity contribution in [1.82, 2.24) is 5.32 Å². The van der Waals surface area contributed by atoms with Gasteiger partial charge in [-0.2, -0.15) is 0 Å². The zero-order chi connectivity index (χ0) is 14.9. The van der Waals surface area contributed by atoms with Gasteiger partial charge in [0.05, 0.1) is 4.90 Å². The van der Waals surface area contributed by atoms with Crippen LogP contribution in [0, 0.1) is 6.92 Å². The third kappa shape index (κ3) is 3.29. The summed E-state index contributed by atoms with van der Waals surface area (Å²) in [5, 5.41) is 2.16. The standard InChI is InChI=1S/C12H12ClNO5S/c1-7-2-3-8(6-10(7)20(13,17)18)19-9-4-5-11(15)14-12(9)16/h2-3,6,9H,4-5H2,1H3,(H,14,15,16). The summed E-state index contributed by atoms with van der Waals surface area (Å²) in [7, 11) is 1.44. The fraction of sp³-hybridized carbons (Fsp3) is 0.333. The lowest BCUT2D eigenvalue weighted by Crippen LogP contribution is -2.46. The Kier molecular flexibility index (Phi) is 4.01. The first-order chi connectivity index (χ1) is 9.27. The summed E-state index contributed by atoms with van der Waals surface area (Å²) in [4.78, 5) is 22.5. The minimum atomic E-state index is -3.88. The summed E-state index contributed by atoms with van der Waals surface area (Å²) in [6.07, 6.45) is -0.383. The van der Waals surface area contributed by atoms with E-state index in [4.69, 9.17) is 15.4 Å².